The first kappa shape index (κ1) is 19.8. The second kappa shape index (κ2) is 8.82. The maximum absolute atomic E-state index is 12.4. The predicted molar refractivity (Wildman–Crippen MR) is 102 cm³/mol. The van der Waals surface area contributed by atoms with Crippen LogP contribution in [-0.4, -0.2) is 41.7 Å². The Balaban J connectivity index is 1.54. The minimum atomic E-state index is -0.452. The zero-order chi connectivity index (χ0) is 20.1. The Morgan fingerprint density at radius 1 is 1.07 bits per heavy atom. The van der Waals surface area contributed by atoms with E-state index in [1.165, 1.54) is 0 Å². The smallest absolute Gasteiger partial charge is 0.338 e. The molecule has 3 rings (SSSR count). The summed E-state index contributed by atoms with van der Waals surface area (Å²) in [5, 5.41) is 2.66. The molecule has 1 aromatic rings. The van der Waals surface area contributed by atoms with Crippen LogP contribution in [-0.2, 0) is 19.1 Å². The van der Waals surface area contributed by atoms with Crippen molar-refractivity contribution in [3.05, 3.63) is 42.0 Å². The van der Waals surface area contributed by atoms with Gasteiger partial charge in [-0.25, -0.2) is 4.79 Å². The van der Waals surface area contributed by atoms with Gasteiger partial charge >= 0.3 is 5.97 Å². The maximum Gasteiger partial charge on any atom is 0.338 e. The third kappa shape index (κ3) is 4.30. The van der Waals surface area contributed by atoms with Crippen LogP contribution in [0.3, 0.4) is 0 Å². The molecule has 0 saturated carbocycles. The summed E-state index contributed by atoms with van der Waals surface area (Å²) in [6, 6.07) is 6.31. The van der Waals surface area contributed by atoms with Gasteiger partial charge < -0.3 is 10.1 Å². The van der Waals surface area contributed by atoms with E-state index in [1.807, 2.05) is 19.1 Å². The third-order valence-electron chi connectivity index (χ3n) is 5.04. The van der Waals surface area contributed by atoms with Gasteiger partial charge in [0.2, 0.25) is 17.7 Å². The second-order valence-electron chi connectivity index (χ2n) is 7.03. The standard InChI is InChI=1S/C21H24N2O5/c1-2-3-12-28-21(27)14-8-10-15(11-9-14)22-18(24)13-23-19(25)16-6-4-5-7-17(16)20(23)26/h4-5,8-11,16-17H,2-3,6-7,12-13H2,1H3,(H,22,24)/t16-,17-/m0/s1. The molecular weight excluding hydrogens is 360 g/mol. The summed E-state index contributed by atoms with van der Waals surface area (Å²) >= 11 is 0. The molecule has 2 aliphatic rings. The number of esters is 1. The Morgan fingerprint density at radius 2 is 1.68 bits per heavy atom. The lowest BCUT2D eigenvalue weighted by Gasteiger charge is -2.14. The molecule has 2 atom stereocenters. The van der Waals surface area contributed by atoms with Crippen molar-refractivity contribution in [1.82, 2.24) is 4.90 Å². The van der Waals surface area contributed by atoms with Crippen LogP contribution in [0.1, 0.15) is 43.0 Å². The largest absolute Gasteiger partial charge is 0.462 e. The molecule has 28 heavy (non-hydrogen) atoms. The van der Waals surface area contributed by atoms with Crippen molar-refractivity contribution in [1.29, 1.82) is 0 Å². The molecule has 0 radical (unpaired) electrons. The van der Waals surface area contributed by atoms with E-state index >= 15 is 0 Å². The number of anilines is 1. The van der Waals surface area contributed by atoms with Gasteiger partial charge in [0.25, 0.3) is 0 Å². The SMILES string of the molecule is CCCCOC(=O)c1ccc(NC(=O)CN2C(=O)[C@H]3CC=CC[C@@H]3C2=O)cc1. The van der Waals surface area contributed by atoms with E-state index in [0.717, 1.165) is 17.7 Å². The number of allylic oxidation sites excluding steroid dienone is 2. The van der Waals surface area contributed by atoms with E-state index in [1.54, 1.807) is 24.3 Å². The third-order valence-corrected chi connectivity index (χ3v) is 5.04. The molecule has 1 saturated heterocycles. The minimum absolute atomic E-state index is 0.278. The zero-order valence-electron chi connectivity index (χ0n) is 15.8. The predicted octanol–water partition coefficient (Wildman–Crippen LogP) is 2.53. The molecule has 1 aliphatic heterocycles. The van der Waals surface area contributed by atoms with Crippen LogP contribution in [0.2, 0.25) is 0 Å². The molecule has 1 heterocycles. The molecule has 1 fully saturated rings. The lowest BCUT2D eigenvalue weighted by atomic mass is 9.85. The highest BCUT2D eigenvalue weighted by Crippen LogP contribution is 2.34. The van der Waals surface area contributed by atoms with Gasteiger partial charge in [0.15, 0.2) is 0 Å². The van der Waals surface area contributed by atoms with Gasteiger partial charge in [0.05, 0.1) is 24.0 Å². The van der Waals surface area contributed by atoms with Crippen LogP contribution in [0.15, 0.2) is 36.4 Å². The van der Waals surface area contributed by atoms with Gasteiger partial charge in [-0.1, -0.05) is 25.5 Å². The van der Waals surface area contributed by atoms with Crippen LogP contribution in [0, 0.1) is 11.8 Å². The molecular formula is C21H24N2O5. The first-order valence-electron chi connectivity index (χ1n) is 9.58. The Morgan fingerprint density at radius 3 is 2.25 bits per heavy atom. The van der Waals surface area contributed by atoms with Crippen LogP contribution in [0.4, 0.5) is 5.69 Å². The number of benzene rings is 1. The van der Waals surface area contributed by atoms with E-state index in [-0.39, 0.29) is 30.2 Å². The average molecular weight is 384 g/mol. The van der Waals surface area contributed by atoms with E-state index in [9.17, 15) is 19.2 Å². The first-order valence-corrected chi connectivity index (χ1v) is 9.58. The number of hydrogen-bond acceptors (Lipinski definition) is 5. The van der Waals surface area contributed by atoms with Gasteiger partial charge in [0, 0.05) is 5.69 Å². The van der Waals surface area contributed by atoms with Gasteiger partial charge in [-0.05, 0) is 43.5 Å². The Labute approximate surface area is 163 Å². The number of hydrogen-bond donors (Lipinski definition) is 1. The fraction of sp³-hybridized carbons (Fsp3) is 0.429. The highest BCUT2D eigenvalue weighted by atomic mass is 16.5. The average Bonchev–Trinajstić information content (AvgIpc) is 2.94. The van der Waals surface area contributed by atoms with Crippen LogP contribution >= 0.6 is 0 Å². The van der Waals surface area contributed by atoms with Crippen molar-refractivity contribution >= 4 is 29.4 Å². The minimum Gasteiger partial charge on any atom is -0.462 e. The zero-order valence-corrected chi connectivity index (χ0v) is 15.8. The molecule has 0 spiro atoms. The summed E-state index contributed by atoms with van der Waals surface area (Å²) in [6.07, 6.45) is 6.66. The number of ether oxygens (including phenoxy) is 1. The molecule has 7 heteroatoms. The fourth-order valence-electron chi connectivity index (χ4n) is 3.45. The van der Waals surface area contributed by atoms with E-state index in [2.05, 4.69) is 5.32 Å². The van der Waals surface area contributed by atoms with Crippen molar-refractivity contribution in [3.63, 3.8) is 0 Å². The Hall–Kier alpha value is -2.96. The highest BCUT2D eigenvalue weighted by Gasteiger charge is 2.47. The first-order chi connectivity index (χ1) is 13.5. The van der Waals surface area contributed by atoms with Crippen LogP contribution in [0.5, 0.6) is 0 Å². The molecule has 1 N–H and O–H groups in total. The number of carbonyl (C=O) groups is 4. The maximum atomic E-state index is 12.4. The number of amides is 3. The topological polar surface area (TPSA) is 92.8 Å². The molecule has 7 nitrogen and oxygen atoms in total. The number of carbonyl (C=O) groups excluding carboxylic acids is 4. The number of rotatable bonds is 7. The van der Waals surface area contributed by atoms with E-state index in [0.29, 0.717) is 30.7 Å². The fourth-order valence-corrected chi connectivity index (χ4v) is 3.45. The summed E-state index contributed by atoms with van der Waals surface area (Å²) in [5.41, 5.74) is 0.879. The number of unbranched alkanes of at least 4 members (excludes halogenated alkanes) is 1. The summed E-state index contributed by atoms with van der Waals surface area (Å²) in [6.45, 7) is 2.09. The number of imide groups is 1. The van der Waals surface area contributed by atoms with Crippen molar-refractivity contribution in [3.8, 4) is 0 Å². The van der Waals surface area contributed by atoms with Gasteiger partial charge in [-0.2, -0.15) is 0 Å². The normalized spacial score (nSPS) is 20.8. The van der Waals surface area contributed by atoms with Gasteiger partial charge in [-0.3, -0.25) is 19.3 Å². The highest BCUT2D eigenvalue weighted by molar-refractivity contribution is 6.08. The summed E-state index contributed by atoms with van der Waals surface area (Å²) in [5.74, 6) is -2.10. The summed E-state index contributed by atoms with van der Waals surface area (Å²) in [4.78, 5) is 50.0. The molecule has 148 valence electrons. The van der Waals surface area contributed by atoms with E-state index < -0.39 is 11.9 Å². The van der Waals surface area contributed by atoms with Crippen LogP contribution < -0.4 is 5.32 Å². The summed E-state index contributed by atoms with van der Waals surface area (Å²) in [7, 11) is 0. The summed E-state index contributed by atoms with van der Waals surface area (Å²) < 4.78 is 5.14. The van der Waals surface area contributed by atoms with Crippen molar-refractivity contribution < 1.29 is 23.9 Å². The van der Waals surface area contributed by atoms with Gasteiger partial charge in [-0.15, -0.1) is 0 Å². The Kier molecular flexibility index (Phi) is 6.23. The van der Waals surface area contributed by atoms with Gasteiger partial charge in [0.1, 0.15) is 6.54 Å². The Bertz CT molecular complexity index is 774. The molecule has 3 amide bonds. The second-order valence-corrected chi connectivity index (χ2v) is 7.03. The molecule has 1 aliphatic carbocycles. The molecule has 1 aromatic carbocycles. The number of likely N-dealkylation sites (tertiary alicyclic amines) is 1. The lowest BCUT2D eigenvalue weighted by molar-refractivity contribution is -0.142. The van der Waals surface area contributed by atoms with Crippen molar-refractivity contribution in [2.75, 3.05) is 18.5 Å². The lowest BCUT2D eigenvalue weighted by Crippen LogP contribution is -2.38. The molecule has 0 unspecified atom stereocenters. The van der Waals surface area contributed by atoms with Crippen LogP contribution in [0.25, 0.3) is 0 Å². The monoisotopic (exact) mass is 384 g/mol. The number of fused-ring (bicyclic) bond motifs is 1. The number of nitrogens with zero attached hydrogens (tertiary/aromatic N) is 1. The van der Waals surface area contributed by atoms with Crippen molar-refractivity contribution in [2.24, 2.45) is 11.8 Å². The van der Waals surface area contributed by atoms with Crippen molar-refractivity contribution in [2.45, 2.75) is 32.6 Å². The van der Waals surface area contributed by atoms with E-state index in [4.69, 9.17) is 4.74 Å². The molecule has 0 bridgehead atoms. The number of nitrogens with one attached hydrogen (secondary N) is 1. The quantitative estimate of drug-likeness (QED) is 0.337. The molecule has 0 aromatic heterocycles.